The second-order valence-electron chi connectivity index (χ2n) is 3.13. The number of aromatic nitrogens is 1. The lowest BCUT2D eigenvalue weighted by molar-refractivity contribution is 0.0695. The molecule has 0 atom stereocenters. The molecule has 82 valence electrons. The van der Waals surface area contributed by atoms with E-state index >= 15 is 0 Å². The summed E-state index contributed by atoms with van der Waals surface area (Å²) >= 11 is 0. The Morgan fingerprint density at radius 2 is 2.20 bits per heavy atom. The monoisotopic (exact) mass is 209 g/mol. The smallest absolute Gasteiger partial charge is 0.337 e. The van der Waals surface area contributed by atoms with Gasteiger partial charge in [-0.3, -0.25) is 0 Å². The van der Waals surface area contributed by atoms with Crippen molar-refractivity contribution in [2.24, 2.45) is 0 Å². The van der Waals surface area contributed by atoms with Gasteiger partial charge in [-0.15, -0.1) is 0 Å². The molecule has 1 heterocycles. The molecule has 0 amide bonds. The van der Waals surface area contributed by atoms with Crippen LogP contribution in [0.2, 0.25) is 0 Å². The molecule has 0 fully saturated rings. The summed E-state index contributed by atoms with van der Waals surface area (Å²) in [5.74, 6) is -0.444. The molecule has 0 unspecified atom stereocenters. The van der Waals surface area contributed by atoms with Gasteiger partial charge in [-0.2, -0.15) is 0 Å². The summed E-state index contributed by atoms with van der Waals surface area (Å²) in [7, 11) is 0. The average Bonchev–Trinajstić information content (AvgIpc) is 2.18. The van der Waals surface area contributed by atoms with E-state index in [0.29, 0.717) is 24.6 Å². The van der Waals surface area contributed by atoms with Gasteiger partial charge in [-0.05, 0) is 19.4 Å². The van der Waals surface area contributed by atoms with Crippen LogP contribution in [-0.4, -0.2) is 22.7 Å². The van der Waals surface area contributed by atoms with Crippen LogP contribution < -0.4 is 4.74 Å². The summed E-state index contributed by atoms with van der Waals surface area (Å²) in [5.41, 5.74) is 0.858. The zero-order chi connectivity index (χ0) is 11.3. The minimum absolute atomic E-state index is 0.264. The molecule has 4 nitrogen and oxygen atoms in total. The first kappa shape index (κ1) is 11.5. The molecule has 0 radical (unpaired) electrons. The number of ether oxygens (including phenoxy) is 1. The maximum Gasteiger partial charge on any atom is 0.337 e. The van der Waals surface area contributed by atoms with Crippen molar-refractivity contribution in [3.8, 4) is 5.88 Å². The van der Waals surface area contributed by atoms with Gasteiger partial charge in [0.15, 0.2) is 0 Å². The van der Waals surface area contributed by atoms with Gasteiger partial charge >= 0.3 is 5.97 Å². The molecule has 0 saturated heterocycles. The number of carboxylic acids is 1. The van der Waals surface area contributed by atoms with Gasteiger partial charge < -0.3 is 9.84 Å². The van der Waals surface area contributed by atoms with Crippen LogP contribution in [-0.2, 0) is 6.42 Å². The van der Waals surface area contributed by atoms with E-state index in [-0.39, 0.29) is 5.56 Å². The highest BCUT2D eigenvalue weighted by Gasteiger charge is 2.11. The number of carboxylic acid groups (broad SMARTS) is 1. The third-order valence-electron chi connectivity index (χ3n) is 1.96. The van der Waals surface area contributed by atoms with E-state index in [1.807, 2.05) is 13.8 Å². The van der Waals surface area contributed by atoms with Crippen molar-refractivity contribution in [3.63, 3.8) is 0 Å². The van der Waals surface area contributed by atoms with E-state index in [1.54, 1.807) is 12.1 Å². The minimum atomic E-state index is -0.936. The van der Waals surface area contributed by atoms with Crippen LogP contribution in [0.15, 0.2) is 12.1 Å². The molecule has 1 N–H and O–H groups in total. The number of aromatic carboxylic acids is 1. The summed E-state index contributed by atoms with van der Waals surface area (Å²) in [6.07, 6.45) is 1.52. The molecular weight excluding hydrogens is 194 g/mol. The van der Waals surface area contributed by atoms with Crippen molar-refractivity contribution in [2.75, 3.05) is 6.61 Å². The van der Waals surface area contributed by atoms with Crippen molar-refractivity contribution in [3.05, 3.63) is 23.4 Å². The van der Waals surface area contributed by atoms with Crippen molar-refractivity contribution in [1.29, 1.82) is 0 Å². The van der Waals surface area contributed by atoms with Crippen LogP contribution >= 0.6 is 0 Å². The van der Waals surface area contributed by atoms with Crippen LogP contribution in [0, 0.1) is 0 Å². The summed E-state index contributed by atoms with van der Waals surface area (Å²) in [6.45, 7) is 4.39. The van der Waals surface area contributed by atoms with E-state index in [0.717, 1.165) is 6.42 Å². The second kappa shape index (κ2) is 5.34. The Morgan fingerprint density at radius 1 is 1.47 bits per heavy atom. The quantitative estimate of drug-likeness (QED) is 0.807. The minimum Gasteiger partial charge on any atom is -0.478 e. The fourth-order valence-corrected chi connectivity index (χ4v) is 1.33. The van der Waals surface area contributed by atoms with Crippen molar-refractivity contribution in [1.82, 2.24) is 4.98 Å². The third kappa shape index (κ3) is 2.94. The number of hydrogen-bond acceptors (Lipinski definition) is 3. The average molecular weight is 209 g/mol. The lowest BCUT2D eigenvalue weighted by atomic mass is 10.1. The van der Waals surface area contributed by atoms with Crippen LogP contribution in [0.1, 0.15) is 36.3 Å². The first-order valence-corrected chi connectivity index (χ1v) is 5.05. The molecule has 0 aromatic carbocycles. The van der Waals surface area contributed by atoms with Crippen molar-refractivity contribution >= 4 is 5.97 Å². The highest BCUT2D eigenvalue weighted by molar-refractivity contribution is 5.88. The molecule has 1 rings (SSSR count). The molecule has 0 aliphatic carbocycles. The largest absolute Gasteiger partial charge is 0.478 e. The predicted molar refractivity (Wildman–Crippen MR) is 56.4 cm³/mol. The van der Waals surface area contributed by atoms with Gasteiger partial charge in [-0.1, -0.05) is 13.3 Å². The molecular formula is C11H15NO3. The third-order valence-corrected chi connectivity index (χ3v) is 1.96. The van der Waals surface area contributed by atoms with Gasteiger partial charge in [0, 0.05) is 6.07 Å². The van der Waals surface area contributed by atoms with Crippen molar-refractivity contribution < 1.29 is 14.6 Å². The SMILES string of the molecule is CCCc1nc(OCC)ccc1C(=O)O. The van der Waals surface area contributed by atoms with Crippen LogP contribution in [0.4, 0.5) is 0 Å². The van der Waals surface area contributed by atoms with E-state index in [1.165, 1.54) is 0 Å². The van der Waals surface area contributed by atoms with Crippen molar-refractivity contribution in [2.45, 2.75) is 26.7 Å². The zero-order valence-corrected chi connectivity index (χ0v) is 8.99. The van der Waals surface area contributed by atoms with Gasteiger partial charge in [0.2, 0.25) is 5.88 Å². The fraction of sp³-hybridized carbons (Fsp3) is 0.455. The standard InChI is InChI=1S/C11H15NO3/c1-3-5-9-8(11(13)14)6-7-10(12-9)15-4-2/h6-7H,3-5H2,1-2H3,(H,13,14). The van der Waals surface area contributed by atoms with E-state index < -0.39 is 5.97 Å². The summed E-state index contributed by atoms with van der Waals surface area (Å²) in [4.78, 5) is 15.1. The number of hydrogen-bond donors (Lipinski definition) is 1. The van der Waals surface area contributed by atoms with Gasteiger partial charge in [0.1, 0.15) is 0 Å². The molecule has 0 spiro atoms. The molecule has 0 aliphatic rings. The summed E-state index contributed by atoms with van der Waals surface area (Å²) in [6, 6.07) is 3.14. The molecule has 0 aliphatic heterocycles. The molecule has 1 aromatic rings. The summed E-state index contributed by atoms with van der Waals surface area (Å²) < 4.78 is 5.22. The van der Waals surface area contributed by atoms with E-state index in [9.17, 15) is 4.79 Å². The maximum absolute atomic E-state index is 10.9. The first-order chi connectivity index (χ1) is 7.19. The topological polar surface area (TPSA) is 59.4 Å². The van der Waals surface area contributed by atoms with Crippen LogP contribution in [0.5, 0.6) is 5.88 Å². The Bertz CT molecular complexity index is 350. The van der Waals surface area contributed by atoms with Gasteiger partial charge in [0.05, 0.1) is 17.9 Å². The highest BCUT2D eigenvalue weighted by Crippen LogP contribution is 2.14. The van der Waals surface area contributed by atoms with Gasteiger partial charge in [0.25, 0.3) is 0 Å². The Morgan fingerprint density at radius 3 is 2.73 bits per heavy atom. The Kier molecular flexibility index (Phi) is 4.09. The van der Waals surface area contributed by atoms with E-state index in [4.69, 9.17) is 9.84 Å². The lowest BCUT2D eigenvalue weighted by Gasteiger charge is -2.07. The second-order valence-corrected chi connectivity index (χ2v) is 3.13. The zero-order valence-electron chi connectivity index (χ0n) is 8.99. The highest BCUT2D eigenvalue weighted by atomic mass is 16.5. The Labute approximate surface area is 88.9 Å². The Balaban J connectivity index is 3.03. The molecule has 0 saturated carbocycles. The maximum atomic E-state index is 10.9. The molecule has 1 aromatic heterocycles. The van der Waals surface area contributed by atoms with E-state index in [2.05, 4.69) is 4.98 Å². The first-order valence-electron chi connectivity index (χ1n) is 5.05. The molecule has 0 bridgehead atoms. The molecule has 4 heteroatoms. The number of nitrogens with zero attached hydrogens (tertiary/aromatic N) is 1. The fourth-order valence-electron chi connectivity index (χ4n) is 1.33. The Hall–Kier alpha value is -1.58. The normalized spacial score (nSPS) is 10.0. The number of pyridine rings is 1. The van der Waals surface area contributed by atoms with Crippen LogP contribution in [0.3, 0.4) is 0 Å². The number of carbonyl (C=O) groups is 1. The lowest BCUT2D eigenvalue weighted by Crippen LogP contribution is -2.06. The number of rotatable bonds is 5. The molecule has 15 heavy (non-hydrogen) atoms. The predicted octanol–water partition coefficient (Wildman–Crippen LogP) is 2.13. The number of aryl methyl sites for hydroxylation is 1. The van der Waals surface area contributed by atoms with Gasteiger partial charge in [-0.25, -0.2) is 9.78 Å². The van der Waals surface area contributed by atoms with Crippen LogP contribution in [0.25, 0.3) is 0 Å². The summed E-state index contributed by atoms with van der Waals surface area (Å²) in [5, 5.41) is 8.93.